The van der Waals surface area contributed by atoms with Crippen LogP contribution in [-0.4, -0.2) is 36.0 Å². The first-order valence-corrected chi connectivity index (χ1v) is 7.18. The standard InChI is InChI=1S/C17H21N3O2.ClH/c1-13-3-7-16(8-4-13)22-10-9-20(2)17(21)11-15-6-5-14(18)12-19-15;/h3-8,12H,9-11,18H2,1-2H3;1H. The Morgan fingerprint density at radius 1 is 1.22 bits per heavy atom. The number of nitrogens with two attached hydrogens (primary N) is 1. The highest BCUT2D eigenvalue weighted by Gasteiger charge is 2.10. The summed E-state index contributed by atoms with van der Waals surface area (Å²) in [5.41, 5.74) is 8.07. The second kappa shape index (κ2) is 9.00. The van der Waals surface area contributed by atoms with Crippen molar-refractivity contribution in [3.8, 4) is 5.75 Å². The van der Waals surface area contributed by atoms with Crippen molar-refractivity contribution in [3.63, 3.8) is 0 Å². The van der Waals surface area contributed by atoms with Crippen molar-refractivity contribution < 1.29 is 9.53 Å². The van der Waals surface area contributed by atoms with Gasteiger partial charge in [0.2, 0.25) is 5.91 Å². The van der Waals surface area contributed by atoms with E-state index in [1.807, 2.05) is 31.2 Å². The summed E-state index contributed by atoms with van der Waals surface area (Å²) in [4.78, 5) is 17.9. The summed E-state index contributed by atoms with van der Waals surface area (Å²) in [7, 11) is 1.76. The van der Waals surface area contributed by atoms with Crippen molar-refractivity contribution in [1.82, 2.24) is 9.88 Å². The smallest absolute Gasteiger partial charge is 0.228 e. The Bertz CT molecular complexity index is 615. The molecule has 6 heteroatoms. The van der Waals surface area contributed by atoms with Crippen molar-refractivity contribution in [2.45, 2.75) is 13.3 Å². The highest BCUT2D eigenvalue weighted by Crippen LogP contribution is 2.11. The lowest BCUT2D eigenvalue weighted by Crippen LogP contribution is -2.32. The van der Waals surface area contributed by atoms with Crippen LogP contribution in [0.4, 0.5) is 5.69 Å². The molecule has 0 saturated heterocycles. The van der Waals surface area contributed by atoms with E-state index in [-0.39, 0.29) is 24.7 Å². The predicted molar refractivity (Wildman–Crippen MR) is 93.9 cm³/mol. The fraction of sp³-hybridized carbons (Fsp3) is 0.294. The van der Waals surface area contributed by atoms with Crippen LogP contribution in [0.2, 0.25) is 0 Å². The number of hydrogen-bond donors (Lipinski definition) is 1. The summed E-state index contributed by atoms with van der Waals surface area (Å²) in [6.45, 7) is 3.02. The van der Waals surface area contributed by atoms with E-state index in [9.17, 15) is 4.79 Å². The van der Waals surface area contributed by atoms with Crippen LogP contribution in [0.1, 0.15) is 11.3 Å². The van der Waals surface area contributed by atoms with Gasteiger partial charge in [0, 0.05) is 12.7 Å². The third-order valence-corrected chi connectivity index (χ3v) is 3.32. The molecule has 2 rings (SSSR count). The molecule has 0 aliphatic heterocycles. The Balaban J connectivity index is 0.00000264. The first-order valence-electron chi connectivity index (χ1n) is 7.18. The van der Waals surface area contributed by atoms with Crippen molar-refractivity contribution in [1.29, 1.82) is 0 Å². The fourth-order valence-corrected chi connectivity index (χ4v) is 1.89. The van der Waals surface area contributed by atoms with Crippen LogP contribution in [0.15, 0.2) is 42.6 Å². The molecule has 1 aromatic carbocycles. The second-order valence-electron chi connectivity index (χ2n) is 5.24. The van der Waals surface area contributed by atoms with Gasteiger partial charge in [-0.05, 0) is 31.2 Å². The number of hydrogen-bond acceptors (Lipinski definition) is 4. The summed E-state index contributed by atoms with van der Waals surface area (Å²) >= 11 is 0. The number of amides is 1. The lowest BCUT2D eigenvalue weighted by Gasteiger charge is -2.17. The van der Waals surface area contributed by atoms with Gasteiger partial charge in [-0.2, -0.15) is 0 Å². The zero-order valence-corrected chi connectivity index (χ0v) is 14.2. The van der Waals surface area contributed by atoms with E-state index in [1.54, 1.807) is 30.3 Å². The largest absolute Gasteiger partial charge is 0.492 e. The van der Waals surface area contributed by atoms with E-state index in [0.29, 0.717) is 24.5 Å². The number of halogens is 1. The zero-order valence-electron chi connectivity index (χ0n) is 13.4. The van der Waals surface area contributed by atoms with Crippen LogP contribution >= 0.6 is 12.4 Å². The fourth-order valence-electron chi connectivity index (χ4n) is 1.89. The third-order valence-electron chi connectivity index (χ3n) is 3.32. The van der Waals surface area contributed by atoms with Gasteiger partial charge in [0.1, 0.15) is 12.4 Å². The van der Waals surface area contributed by atoms with Gasteiger partial charge < -0.3 is 15.4 Å². The van der Waals surface area contributed by atoms with Crippen LogP contribution < -0.4 is 10.5 Å². The molecule has 0 aliphatic rings. The number of nitrogens with zero attached hydrogens (tertiary/aromatic N) is 2. The quantitative estimate of drug-likeness (QED) is 0.880. The number of likely N-dealkylation sites (N-methyl/N-ethyl adjacent to an activating group) is 1. The molecule has 23 heavy (non-hydrogen) atoms. The predicted octanol–water partition coefficient (Wildman–Crippen LogP) is 2.47. The molecule has 0 fully saturated rings. The highest BCUT2D eigenvalue weighted by atomic mass is 35.5. The molecule has 5 nitrogen and oxygen atoms in total. The molecule has 1 heterocycles. The number of pyridine rings is 1. The number of anilines is 1. The topological polar surface area (TPSA) is 68.5 Å². The van der Waals surface area contributed by atoms with Gasteiger partial charge in [0.15, 0.2) is 0 Å². The molecule has 0 aliphatic carbocycles. The van der Waals surface area contributed by atoms with Crippen LogP contribution in [0.3, 0.4) is 0 Å². The number of aromatic nitrogens is 1. The molecule has 1 aromatic heterocycles. The van der Waals surface area contributed by atoms with Gasteiger partial charge >= 0.3 is 0 Å². The molecule has 124 valence electrons. The molecule has 2 N–H and O–H groups in total. The Labute approximate surface area is 142 Å². The molecule has 0 unspecified atom stereocenters. The lowest BCUT2D eigenvalue weighted by molar-refractivity contribution is -0.129. The van der Waals surface area contributed by atoms with E-state index in [1.165, 1.54) is 5.56 Å². The number of ether oxygens (including phenoxy) is 1. The van der Waals surface area contributed by atoms with Crippen molar-refractivity contribution in [3.05, 3.63) is 53.9 Å². The van der Waals surface area contributed by atoms with Gasteiger partial charge in [-0.3, -0.25) is 9.78 Å². The highest BCUT2D eigenvalue weighted by molar-refractivity contribution is 5.85. The van der Waals surface area contributed by atoms with Crippen molar-refractivity contribution in [2.24, 2.45) is 0 Å². The molecule has 0 radical (unpaired) electrons. The molecule has 0 saturated carbocycles. The number of benzene rings is 1. The zero-order chi connectivity index (χ0) is 15.9. The molecular formula is C17H22ClN3O2. The first-order chi connectivity index (χ1) is 10.5. The normalized spacial score (nSPS) is 9.83. The Morgan fingerprint density at radius 2 is 1.91 bits per heavy atom. The van der Waals surface area contributed by atoms with Crippen LogP contribution in [0.25, 0.3) is 0 Å². The van der Waals surface area contributed by atoms with E-state index in [2.05, 4.69) is 4.98 Å². The summed E-state index contributed by atoms with van der Waals surface area (Å²) in [6.07, 6.45) is 1.82. The van der Waals surface area contributed by atoms with E-state index < -0.39 is 0 Å². The van der Waals surface area contributed by atoms with Gasteiger partial charge in [0.05, 0.1) is 24.8 Å². The third kappa shape index (κ3) is 6.16. The van der Waals surface area contributed by atoms with Gasteiger partial charge in [0.25, 0.3) is 0 Å². The molecule has 0 bridgehead atoms. The minimum Gasteiger partial charge on any atom is -0.492 e. The monoisotopic (exact) mass is 335 g/mol. The number of carbonyl (C=O) groups excluding carboxylic acids is 1. The Hall–Kier alpha value is -2.27. The van der Waals surface area contributed by atoms with Crippen LogP contribution in [0.5, 0.6) is 5.75 Å². The van der Waals surface area contributed by atoms with E-state index >= 15 is 0 Å². The SMILES string of the molecule is Cc1ccc(OCCN(C)C(=O)Cc2ccc(N)cn2)cc1.Cl. The summed E-state index contributed by atoms with van der Waals surface area (Å²) in [5.74, 6) is 0.816. The molecule has 0 atom stereocenters. The molecule has 0 spiro atoms. The van der Waals surface area contributed by atoms with Crippen LogP contribution in [-0.2, 0) is 11.2 Å². The lowest BCUT2D eigenvalue weighted by atomic mass is 10.2. The average molecular weight is 336 g/mol. The Morgan fingerprint density at radius 3 is 2.52 bits per heavy atom. The van der Waals surface area contributed by atoms with Gasteiger partial charge in [-0.1, -0.05) is 17.7 Å². The Kier molecular flexibility index (Phi) is 7.35. The first kappa shape index (κ1) is 18.8. The summed E-state index contributed by atoms with van der Waals surface area (Å²) in [5, 5.41) is 0. The second-order valence-corrected chi connectivity index (χ2v) is 5.24. The maximum absolute atomic E-state index is 12.1. The molecular weight excluding hydrogens is 314 g/mol. The van der Waals surface area contributed by atoms with E-state index in [0.717, 1.165) is 5.75 Å². The van der Waals surface area contributed by atoms with Gasteiger partial charge in [-0.15, -0.1) is 12.4 Å². The number of carbonyl (C=O) groups is 1. The summed E-state index contributed by atoms with van der Waals surface area (Å²) < 4.78 is 5.62. The minimum absolute atomic E-state index is 0. The maximum atomic E-state index is 12.1. The van der Waals surface area contributed by atoms with Crippen molar-refractivity contribution in [2.75, 3.05) is 25.9 Å². The van der Waals surface area contributed by atoms with Gasteiger partial charge in [-0.25, -0.2) is 0 Å². The number of aryl methyl sites for hydroxylation is 1. The molecule has 1 amide bonds. The molecule has 2 aromatic rings. The number of nitrogen functional groups attached to an aromatic ring is 1. The minimum atomic E-state index is 0. The number of rotatable bonds is 6. The van der Waals surface area contributed by atoms with Crippen molar-refractivity contribution >= 4 is 24.0 Å². The average Bonchev–Trinajstić information content (AvgIpc) is 2.51. The van der Waals surface area contributed by atoms with E-state index in [4.69, 9.17) is 10.5 Å². The summed E-state index contributed by atoms with van der Waals surface area (Å²) in [6, 6.07) is 11.4. The van der Waals surface area contributed by atoms with Crippen LogP contribution in [0, 0.1) is 6.92 Å². The maximum Gasteiger partial charge on any atom is 0.228 e.